The van der Waals surface area contributed by atoms with Gasteiger partial charge in [0.15, 0.2) is 5.82 Å². The molecule has 1 heterocycles. The third-order valence-corrected chi connectivity index (χ3v) is 2.84. The van der Waals surface area contributed by atoms with Crippen LogP contribution >= 0.6 is 23.2 Å². The van der Waals surface area contributed by atoms with Gasteiger partial charge in [-0.15, -0.1) is 0 Å². The van der Waals surface area contributed by atoms with Crippen molar-refractivity contribution in [3.05, 3.63) is 34.7 Å². The molecule has 2 aromatic rings. The number of ether oxygens (including phenoxy) is 2. The molecule has 0 saturated carbocycles. The van der Waals surface area contributed by atoms with Gasteiger partial charge in [0.1, 0.15) is 16.5 Å². The first-order valence-corrected chi connectivity index (χ1v) is 6.06. The Morgan fingerprint density at radius 2 is 1.95 bits per heavy atom. The van der Waals surface area contributed by atoms with Crippen LogP contribution in [0.4, 0.5) is 11.5 Å². The fraction of sp³-hybridized carbons (Fsp3) is 0.167. The molecule has 0 radical (unpaired) electrons. The second-order valence-electron chi connectivity index (χ2n) is 3.53. The molecule has 19 heavy (non-hydrogen) atoms. The van der Waals surface area contributed by atoms with Crippen molar-refractivity contribution in [2.45, 2.75) is 0 Å². The van der Waals surface area contributed by atoms with E-state index in [1.807, 2.05) is 0 Å². The third kappa shape index (κ3) is 3.19. The minimum atomic E-state index is 0.111. The van der Waals surface area contributed by atoms with E-state index in [0.29, 0.717) is 28.0 Å². The van der Waals surface area contributed by atoms with Gasteiger partial charge in [-0.1, -0.05) is 11.6 Å². The molecule has 0 fully saturated rings. The zero-order valence-electron chi connectivity index (χ0n) is 10.3. The molecule has 0 aliphatic rings. The molecule has 0 aliphatic heterocycles. The number of nitrogens with one attached hydrogen (secondary N) is 1. The van der Waals surface area contributed by atoms with Crippen molar-refractivity contribution in [1.29, 1.82) is 0 Å². The van der Waals surface area contributed by atoms with Gasteiger partial charge in [-0.25, -0.2) is 4.98 Å². The summed E-state index contributed by atoms with van der Waals surface area (Å²) in [6.07, 6.45) is 1.43. The first-order chi connectivity index (χ1) is 9.13. The van der Waals surface area contributed by atoms with Crippen molar-refractivity contribution < 1.29 is 9.47 Å². The van der Waals surface area contributed by atoms with E-state index < -0.39 is 0 Å². The first-order valence-electron chi connectivity index (χ1n) is 5.31. The van der Waals surface area contributed by atoms with Crippen LogP contribution in [0.1, 0.15) is 0 Å². The maximum absolute atomic E-state index is 5.99. The van der Waals surface area contributed by atoms with Crippen LogP contribution in [0, 0.1) is 0 Å². The zero-order valence-corrected chi connectivity index (χ0v) is 11.8. The Morgan fingerprint density at radius 3 is 2.63 bits per heavy atom. The Balaban J connectivity index is 2.35. The highest BCUT2D eigenvalue weighted by atomic mass is 35.5. The summed E-state index contributed by atoms with van der Waals surface area (Å²) in [6, 6.07) is 5.34. The molecule has 1 N–H and O–H groups in total. The van der Waals surface area contributed by atoms with Gasteiger partial charge in [0.05, 0.1) is 26.1 Å². The summed E-state index contributed by atoms with van der Waals surface area (Å²) in [4.78, 5) is 7.79. The van der Waals surface area contributed by atoms with Crippen molar-refractivity contribution in [2.75, 3.05) is 19.5 Å². The number of anilines is 2. The summed E-state index contributed by atoms with van der Waals surface area (Å²) in [5, 5.41) is 3.51. The molecule has 5 nitrogen and oxygen atoms in total. The van der Waals surface area contributed by atoms with Crippen LogP contribution < -0.4 is 14.8 Å². The number of halogens is 2. The summed E-state index contributed by atoms with van der Waals surface area (Å²) in [5.74, 6) is 1.70. The fourth-order valence-corrected chi connectivity index (χ4v) is 1.73. The summed E-state index contributed by atoms with van der Waals surface area (Å²) in [6.45, 7) is 0. The van der Waals surface area contributed by atoms with Crippen molar-refractivity contribution >= 4 is 34.7 Å². The summed E-state index contributed by atoms with van der Waals surface area (Å²) in [7, 11) is 3.15. The van der Waals surface area contributed by atoms with Gasteiger partial charge in [-0.05, 0) is 23.7 Å². The fourth-order valence-electron chi connectivity index (χ4n) is 1.46. The summed E-state index contributed by atoms with van der Waals surface area (Å²) >= 11 is 11.7. The van der Waals surface area contributed by atoms with Crippen molar-refractivity contribution in [2.24, 2.45) is 0 Å². The Morgan fingerprint density at radius 1 is 1.16 bits per heavy atom. The molecule has 100 valence electrons. The molecule has 0 amide bonds. The highest BCUT2D eigenvalue weighted by molar-refractivity contribution is 6.33. The number of hydrogen-bond donors (Lipinski definition) is 1. The lowest BCUT2D eigenvalue weighted by molar-refractivity contribution is 0.395. The molecule has 1 aromatic heterocycles. The standard InChI is InChI=1S/C12H11Cl2N3O2/c1-18-7-3-4-9(10(5-7)19-2)16-11-8(13)6-15-12(14)17-11/h3-6H,1-2H3,(H,15,16,17). The normalized spacial score (nSPS) is 10.1. The van der Waals surface area contributed by atoms with Gasteiger partial charge in [0, 0.05) is 6.07 Å². The predicted molar refractivity (Wildman–Crippen MR) is 74.9 cm³/mol. The lowest BCUT2D eigenvalue weighted by Gasteiger charge is -2.12. The second kappa shape index (κ2) is 5.95. The van der Waals surface area contributed by atoms with Crippen molar-refractivity contribution in [1.82, 2.24) is 9.97 Å². The zero-order chi connectivity index (χ0) is 13.8. The van der Waals surface area contributed by atoms with Gasteiger partial charge < -0.3 is 14.8 Å². The first kappa shape index (κ1) is 13.7. The van der Waals surface area contributed by atoms with Gasteiger partial charge in [0.2, 0.25) is 5.28 Å². The maximum Gasteiger partial charge on any atom is 0.224 e. The molecule has 7 heteroatoms. The molecule has 2 rings (SSSR count). The van der Waals surface area contributed by atoms with E-state index in [2.05, 4.69) is 15.3 Å². The number of nitrogens with zero attached hydrogens (tertiary/aromatic N) is 2. The Labute approximate surface area is 120 Å². The van der Waals surface area contributed by atoms with Crippen LogP contribution in [0.2, 0.25) is 10.3 Å². The average molecular weight is 300 g/mol. The van der Waals surface area contributed by atoms with E-state index in [4.69, 9.17) is 32.7 Å². The average Bonchev–Trinajstić information content (AvgIpc) is 2.43. The third-order valence-electron chi connectivity index (χ3n) is 2.38. The number of hydrogen-bond acceptors (Lipinski definition) is 5. The molecule has 0 bridgehead atoms. The molecule has 1 aromatic carbocycles. The molecular weight excluding hydrogens is 289 g/mol. The quantitative estimate of drug-likeness (QED) is 0.875. The van der Waals surface area contributed by atoms with E-state index in [9.17, 15) is 0 Å². The molecule has 0 aliphatic carbocycles. The van der Waals surface area contributed by atoms with Crippen LogP contribution in [-0.4, -0.2) is 24.2 Å². The SMILES string of the molecule is COc1ccc(Nc2nc(Cl)ncc2Cl)c(OC)c1. The molecule has 0 atom stereocenters. The monoisotopic (exact) mass is 299 g/mol. The molecular formula is C12H11Cl2N3O2. The minimum Gasteiger partial charge on any atom is -0.497 e. The van der Waals surface area contributed by atoms with Crippen molar-refractivity contribution in [3.63, 3.8) is 0 Å². The summed E-state index contributed by atoms with van der Waals surface area (Å²) in [5.41, 5.74) is 0.694. The largest absolute Gasteiger partial charge is 0.497 e. The number of benzene rings is 1. The van der Waals surface area contributed by atoms with E-state index in [1.54, 1.807) is 32.4 Å². The lowest BCUT2D eigenvalue weighted by atomic mass is 10.2. The Hall–Kier alpha value is -1.72. The second-order valence-corrected chi connectivity index (χ2v) is 4.27. The number of rotatable bonds is 4. The minimum absolute atomic E-state index is 0.111. The smallest absolute Gasteiger partial charge is 0.224 e. The molecule has 0 unspecified atom stereocenters. The van der Waals surface area contributed by atoms with E-state index >= 15 is 0 Å². The van der Waals surface area contributed by atoms with Gasteiger partial charge in [-0.2, -0.15) is 4.98 Å². The van der Waals surface area contributed by atoms with E-state index in [-0.39, 0.29) is 5.28 Å². The topological polar surface area (TPSA) is 56.3 Å². The van der Waals surface area contributed by atoms with Crippen LogP contribution in [0.3, 0.4) is 0 Å². The molecule has 0 spiro atoms. The maximum atomic E-state index is 5.99. The van der Waals surface area contributed by atoms with E-state index in [0.717, 1.165) is 0 Å². The Kier molecular flexibility index (Phi) is 4.29. The summed E-state index contributed by atoms with van der Waals surface area (Å²) < 4.78 is 10.4. The van der Waals surface area contributed by atoms with E-state index in [1.165, 1.54) is 6.20 Å². The van der Waals surface area contributed by atoms with Gasteiger partial charge in [0.25, 0.3) is 0 Å². The van der Waals surface area contributed by atoms with Crippen LogP contribution in [0.15, 0.2) is 24.4 Å². The number of aromatic nitrogens is 2. The highest BCUT2D eigenvalue weighted by Crippen LogP contribution is 2.32. The lowest BCUT2D eigenvalue weighted by Crippen LogP contribution is -1.99. The van der Waals surface area contributed by atoms with Crippen LogP contribution in [0.5, 0.6) is 11.5 Å². The number of methoxy groups -OCH3 is 2. The predicted octanol–water partition coefficient (Wildman–Crippen LogP) is 3.54. The Bertz CT molecular complexity index is 593. The van der Waals surface area contributed by atoms with Gasteiger partial charge >= 0.3 is 0 Å². The van der Waals surface area contributed by atoms with Gasteiger partial charge in [-0.3, -0.25) is 0 Å². The highest BCUT2D eigenvalue weighted by Gasteiger charge is 2.09. The van der Waals surface area contributed by atoms with Crippen LogP contribution in [0.25, 0.3) is 0 Å². The van der Waals surface area contributed by atoms with Crippen LogP contribution in [-0.2, 0) is 0 Å². The molecule has 0 saturated heterocycles. The van der Waals surface area contributed by atoms with Crippen molar-refractivity contribution in [3.8, 4) is 11.5 Å².